The predicted octanol–water partition coefficient (Wildman–Crippen LogP) is 1.23. The van der Waals surface area contributed by atoms with E-state index >= 15 is 0 Å². The lowest BCUT2D eigenvalue weighted by molar-refractivity contribution is -0.146. The van der Waals surface area contributed by atoms with Crippen LogP contribution in [0.25, 0.3) is 0 Å². The van der Waals surface area contributed by atoms with Gasteiger partial charge in [-0.1, -0.05) is 0 Å². The molecule has 0 spiro atoms. The van der Waals surface area contributed by atoms with Crippen LogP contribution < -0.4 is 0 Å². The zero-order valence-corrected chi connectivity index (χ0v) is 14.3. The molecule has 3 heterocycles. The fourth-order valence-electron chi connectivity index (χ4n) is 3.10. The zero-order valence-electron chi connectivity index (χ0n) is 13.5. The highest BCUT2D eigenvalue weighted by Crippen LogP contribution is 2.17. The van der Waals surface area contributed by atoms with Gasteiger partial charge in [0.25, 0.3) is 5.91 Å². The average molecular weight is 337 g/mol. The Balaban J connectivity index is 1.44. The van der Waals surface area contributed by atoms with Gasteiger partial charge in [0.1, 0.15) is 6.10 Å². The van der Waals surface area contributed by atoms with E-state index < -0.39 is 0 Å². The summed E-state index contributed by atoms with van der Waals surface area (Å²) in [4.78, 5) is 33.7. The van der Waals surface area contributed by atoms with Crippen LogP contribution in [-0.2, 0) is 20.7 Å². The Kier molecular flexibility index (Phi) is 5.27. The molecular formula is C16H23N3O3S. The third kappa shape index (κ3) is 3.90. The molecule has 0 aliphatic carbocycles. The minimum Gasteiger partial charge on any atom is -0.368 e. The van der Waals surface area contributed by atoms with Gasteiger partial charge in [0.2, 0.25) is 5.91 Å². The van der Waals surface area contributed by atoms with Gasteiger partial charge >= 0.3 is 0 Å². The molecule has 0 radical (unpaired) electrons. The van der Waals surface area contributed by atoms with Crippen LogP contribution in [0.2, 0.25) is 0 Å². The molecule has 6 nitrogen and oxygen atoms in total. The highest BCUT2D eigenvalue weighted by atomic mass is 32.1. The molecule has 2 amide bonds. The Bertz CT molecular complexity index is 561. The van der Waals surface area contributed by atoms with E-state index in [1.54, 1.807) is 11.3 Å². The zero-order chi connectivity index (χ0) is 16.2. The summed E-state index contributed by atoms with van der Waals surface area (Å²) in [5.41, 5.74) is 2.85. The molecule has 1 atom stereocenters. The molecule has 0 N–H and O–H groups in total. The Morgan fingerprint density at radius 2 is 2.04 bits per heavy atom. The number of hydrogen-bond donors (Lipinski definition) is 0. The third-order valence-electron chi connectivity index (χ3n) is 4.56. The first-order valence-electron chi connectivity index (χ1n) is 8.22. The van der Waals surface area contributed by atoms with Gasteiger partial charge in [-0.3, -0.25) is 9.59 Å². The topological polar surface area (TPSA) is 62.7 Å². The monoisotopic (exact) mass is 337 g/mol. The highest BCUT2D eigenvalue weighted by Gasteiger charge is 2.31. The van der Waals surface area contributed by atoms with Crippen LogP contribution >= 0.6 is 11.3 Å². The van der Waals surface area contributed by atoms with Crippen LogP contribution in [0, 0.1) is 6.92 Å². The molecule has 0 bridgehead atoms. The standard InChI is InChI=1S/C16H23N3O3S/c1-12-14(23-11-17-12)4-5-15(20)18-6-8-19(9-7-18)16(21)13-3-2-10-22-13/h11,13H,2-10H2,1H3/t13-/m1/s1. The van der Waals surface area contributed by atoms with Crippen LogP contribution in [0.1, 0.15) is 29.8 Å². The smallest absolute Gasteiger partial charge is 0.251 e. The molecule has 3 rings (SSSR count). The largest absolute Gasteiger partial charge is 0.368 e. The van der Waals surface area contributed by atoms with Crippen molar-refractivity contribution in [3.63, 3.8) is 0 Å². The highest BCUT2D eigenvalue weighted by molar-refractivity contribution is 7.09. The Hall–Kier alpha value is -1.47. The van der Waals surface area contributed by atoms with E-state index in [9.17, 15) is 9.59 Å². The van der Waals surface area contributed by atoms with Gasteiger partial charge in [0.15, 0.2) is 0 Å². The van der Waals surface area contributed by atoms with Crippen molar-refractivity contribution in [3.05, 3.63) is 16.1 Å². The summed E-state index contributed by atoms with van der Waals surface area (Å²) in [6.07, 6.45) is 2.80. The number of ether oxygens (including phenoxy) is 1. The van der Waals surface area contributed by atoms with Crippen molar-refractivity contribution in [2.75, 3.05) is 32.8 Å². The summed E-state index contributed by atoms with van der Waals surface area (Å²) in [5.74, 6) is 0.261. The fraction of sp³-hybridized carbons (Fsp3) is 0.688. The average Bonchev–Trinajstić information content (AvgIpc) is 3.24. The number of piperazine rings is 1. The summed E-state index contributed by atoms with van der Waals surface area (Å²) in [7, 11) is 0. The quantitative estimate of drug-likeness (QED) is 0.829. The third-order valence-corrected chi connectivity index (χ3v) is 5.55. The lowest BCUT2D eigenvalue weighted by atomic mass is 10.2. The maximum absolute atomic E-state index is 12.3. The molecule has 0 aromatic carbocycles. The number of hydrogen-bond acceptors (Lipinski definition) is 5. The molecule has 2 fully saturated rings. The molecule has 2 aliphatic rings. The molecule has 2 aliphatic heterocycles. The second-order valence-corrected chi connectivity index (χ2v) is 7.01. The summed E-state index contributed by atoms with van der Waals surface area (Å²) < 4.78 is 5.46. The van der Waals surface area contributed by atoms with E-state index in [4.69, 9.17) is 4.74 Å². The van der Waals surface area contributed by atoms with Crippen LogP contribution in [0.4, 0.5) is 0 Å². The molecule has 23 heavy (non-hydrogen) atoms. The molecule has 1 aromatic rings. The molecule has 0 unspecified atom stereocenters. The maximum Gasteiger partial charge on any atom is 0.251 e. The van der Waals surface area contributed by atoms with Gasteiger partial charge in [0.05, 0.1) is 11.2 Å². The summed E-state index contributed by atoms with van der Waals surface area (Å²) in [6, 6.07) is 0. The van der Waals surface area contributed by atoms with Crippen LogP contribution in [0.3, 0.4) is 0 Å². The van der Waals surface area contributed by atoms with E-state index in [-0.39, 0.29) is 17.9 Å². The number of thiazole rings is 1. The van der Waals surface area contributed by atoms with Crippen molar-refractivity contribution in [1.82, 2.24) is 14.8 Å². The number of nitrogens with zero attached hydrogens (tertiary/aromatic N) is 3. The van der Waals surface area contributed by atoms with Gasteiger partial charge in [-0.15, -0.1) is 11.3 Å². The minimum absolute atomic E-state index is 0.0925. The van der Waals surface area contributed by atoms with Crippen LogP contribution in [-0.4, -0.2) is 65.5 Å². The van der Waals surface area contributed by atoms with Crippen molar-refractivity contribution in [1.29, 1.82) is 0 Å². The second-order valence-electron chi connectivity index (χ2n) is 6.07. The first-order chi connectivity index (χ1) is 11.1. The Morgan fingerprint density at radius 3 is 2.65 bits per heavy atom. The SMILES string of the molecule is Cc1ncsc1CCC(=O)N1CCN(C(=O)[C@H]2CCCO2)CC1. The predicted molar refractivity (Wildman–Crippen MR) is 87.3 cm³/mol. The number of carbonyl (C=O) groups excluding carboxylic acids is 2. The lowest BCUT2D eigenvalue weighted by Crippen LogP contribution is -2.52. The van der Waals surface area contributed by atoms with E-state index in [1.165, 1.54) is 4.88 Å². The molecule has 126 valence electrons. The Morgan fingerprint density at radius 1 is 1.30 bits per heavy atom. The van der Waals surface area contributed by atoms with Crippen molar-refractivity contribution < 1.29 is 14.3 Å². The molecule has 7 heteroatoms. The van der Waals surface area contributed by atoms with Gasteiger partial charge in [-0.05, 0) is 26.2 Å². The van der Waals surface area contributed by atoms with Crippen LogP contribution in [0.15, 0.2) is 5.51 Å². The summed E-state index contributed by atoms with van der Waals surface area (Å²) >= 11 is 1.61. The van der Waals surface area contributed by atoms with Gasteiger partial charge in [0, 0.05) is 44.1 Å². The van der Waals surface area contributed by atoms with E-state index in [0.717, 1.165) is 25.0 Å². The summed E-state index contributed by atoms with van der Waals surface area (Å²) in [5, 5.41) is 0. The fourth-order valence-corrected chi connectivity index (χ4v) is 3.88. The molecule has 1 aromatic heterocycles. The van der Waals surface area contributed by atoms with Crippen LogP contribution in [0.5, 0.6) is 0 Å². The van der Waals surface area contributed by atoms with E-state index in [2.05, 4.69) is 4.98 Å². The number of rotatable bonds is 4. The van der Waals surface area contributed by atoms with Crippen molar-refractivity contribution in [2.24, 2.45) is 0 Å². The normalized spacial score (nSPS) is 21.7. The minimum atomic E-state index is -0.258. The van der Waals surface area contributed by atoms with Crippen molar-refractivity contribution >= 4 is 23.2 Å². The molecular weight excluding hydrogens is 314 g/mol. The number of amides is 2. The van der Waals surface area contributed by atoms with E-state index in [1.807, 2.05) is 22.2 Å². The first kappa shape index (κ1) is 16.4. The molecule has 2 saturated heterocycles. The number of aryl methyl sites for hydroxylation is 2. The van der Waals surface area contributed by atoms with Crippen molar-refractivity contribution in [2.45, 2.75) is 38.7 Å². The van der Waals surface area contributed by atoms with E-state index in [0.29, 0.717) is 39.2 Å². The Labute approximate surface area is 140 Å². The number of carbonyl (C=O) groups is 2. The van der Waals surface area contributed by atoms with Gasteiger partial charge in [-0.2, -0.15) is 0 Å². The maximum atomic E-state index is 12.3. The number of aromatic nitrogens is 1. The van der Waals surface area contributed by atoms with Gasteiger partial charge < -0.3 is 14.5 Å². The lowest BCUT2D eigenvalue weighted by Gasteiger charge is -2.35. The first-order valence-corrected chi connectivity index (χ1v) is 9.10. The summed E-state index contributed by atoms with van der Waals surface area (Å²) in [6.45, 7) is 5.14. The second kappa shape index (κ2) is 7.40. The van der Waals surface area contributed by atoms with Crippen molar-refractivity contribution in [3.8, 4) is 0 Å². The van der Waals surface area contributed by atoms with Gasteiger partial charge in [-0.25, -0.2) is 4.98 Å². The molecule has 0 saturated carbocycles.